The van der Waals surface area contributed by atoms with Gasteiger partial charge in [0.15, 0.2) is 0 Å². The highest BCUT2D eigenvalue weighted by atomic mass is 31.2. The highest BCUT2D eigenvalue weighted by Crippen LogP contribution is 2.36. The van der Waals surface area contributed by atoms with E-state index in [4.69, 9.17) is 9.79 Å². The van der Waals surface area contributed by atoms with Crippen molar-refractivity contribution < 1.29 is 19.1 Å². The van der Waals surface area contributed by atoms with Crippen molar-refractivity contribution in [3.8, 4) is 0 Å². The molecule has 0 heterocycles. The summed E-state index contributed by atoms with van der Waals surface area (Å²) in [6, 6.07) is 0. The van der Waals surface area contributed by atoms with Crippen LogP contribution in [-0.4, -0.2) is 40.8 Å². The van der Waals surface area contributed by atoms with Crippen molar-refractivity contribution in [2.45, 2.75) is 0 Å². The fourth-order valence-electron chi connectivity index (χ4n) is 0.240. The average Bonchev–Trinajstić information content (AvgIpc) is 1.80. The van der Waals surface area contributed by atoms with Crippen molar-refractivity contribution in [3.63, 3.8) is 0 Å². The molecule has 0 aliphatic carbocycles. The first-order valence-corrected chi connectivity index (χ1v) is 4.26. The highest BCUT2D eigenvalue weighted by molar-refractivity contribution is 7.70. The molecule has 0 saturated heterocycles. The van der Waals surface area contributed by atoms with Crippen molar-refractivity contribution >= 4 is 19.6 Å². The monoisotopic (exact) mass is 180 g/mol. The minimum Gasteiger partial charge on any atom is -0.369 e. The summed E-state index contributed by atoms with van der Waals surface area (Å²) in [6.45, 7) is 0. The first-order chi connectivity index (χ1) is 4.84. The third-order valence-corrected chi connectivity index (χ3v) is 1.26. The zero-order valence-electron chi connectivity index (χ0n) is 6.13. The second kappa shape index (κ2) is 3.61. The molecule has 0 spiro atoms. The summed E-state index contributed by atoms with van der Waals surface area (Å²) >= 11 is 0. The normalized spacial score (nSPS) is 12.0. The first-order valence-electron chi connectivity index (χ1n) is 2.64. The molecular formula is C4H9N2O4P. The Hall–Kier alpha value is -0.710. The molecule has 0 radical (unpaired) electrons. The second-order valence-corrected chi connectivity index (χ2v) is 3.51. The first kappa shape index (κ1) is 10.3. The van der Waals surface area contributed by atoms with Crippen LogP contribution in [-0.2, 0) is 4.57 Å². The van der Waals surface area contributed by atoms with E-state index in [0.29, 0.717) is 0 Å². The lowest BCUT2D eigenvalue weighted by Crippen LogP contribution is -2.09. The van der Waals surface area contributed by atoms with Crippen molar-refractivity contribution in [2.24, 2.45) is 4.99 Å². The number of hydrogen-bond acceptors (Lipinski definition) is 2. The van der Waals surface area contributed by atoms with Gasteiger partial charge in [0.05, 0.1) is 6.34 Å². The molecule has 64 valence electrons. The molecule has 0 aromatic rings. The molecule has 0 rings (SSSR count). The van der Waals surface area contributed by atoms with Gasteiger partial charge >= 0.3 is 13.2 Å². The standard InChI is InChI=1S/C4H9N2O4P/c1-6(2)3-5-4(7)11(8,9)10/h3H,1-2H3,(H2,8,9,10)/b5-3+. The minimum atomic E-state index is -4.68. The molecule has 0 aliphatic heterocycles. The van der Waals surface area contributed by atoms with Gasteiger partial charge in [-0.2, -0.15) is 4.99 Å². The quantitative estimate of drug-likeness (QED) is 0.351. The van der Waals surface area contributed by atoms with Crippen molar-refractivity contribution in [1.82, 2.24) is 4.90 Å². The molecule has 0 aliphatic rings. The van der Waals surface area contributed by atoms with Gasteiger partial charge in [0.25, 0.3) is 0 Å². The molecule has 6 nitrogen and oxygen atoms in total. The fourth-order valence-corrected chi connectivity index (χ4v) is 0.442. The van der Waals surface area contributed by atoms with E-state index in [1.807, 2.05) is 0 Å². The predicted molar refractivity (Wildman–Crippen MR) is 39.6 cm³/mol. The average molecular weight is 180 g/mol. The van der Waals surface area contributed by atoms with Gasteiger partial charge in [0.2, 0.25) is 0 Å². The van der Waals surface area contributed by atoms with Crippen molar-refractivity contribution in [2.75, 3.05) is 14.1 Å². The lowest BCUT2D eigenvalue weighted by Gasteiger charge is -2.01. The molecule has 7 heteroatoms. The van der Waals surface area contributed by atoms with Gasteiger partial charge in [0.1, 0.15) is 0 Å². The number of carbonyl (C=O) groups is 1. The van der Waals surface area contributed by atoms with Crippen LogP contribution in [0, 0.1) is 0 Å². The van der Waals surface area contributed by atoms with E-state index in [9.17, 15) is 9.36 Å². The molecular weight excluding hydrogens is 171 g/mol. The topological polar surface area (TPSA) is 90.2 Å². The van der Waals surface area contributed by atoms with Crippen LogP contribution < -0.4 is 0 Å². The number of nitrogens with zero attached hydrogens (tertiary/aromatic N) is 2. The van der Waals surface area contributed by atoms with Crippen LogP contribution in [0.1, 0.15) is 0 Å². The maximum absolute atomic E-state index is 10.4. The molecule has 0 aromatic heterocycles. The molecule has 0 bridgehead atoms. The minimum absolute atomic E-state index is 1.03. The Morgan fingerprint density at radius 2 is 2.00 bits per heavy atom. The third-order valence-electron chi connectivity index (χ3n) is 0.648. The van der Waals surface area contributed by atoms with Crippen LogP contribution in [0.5, 0.6) is 0 Å². The van der Waals surface area contributed by atoms with Crippen LogP contribution >= 0.6 is 7.60 Å². The van der Waals surface area contributed by atoms with Gasteiger partial charge in [-0.1, -0.05) is 0 Å². The number of rotatable bonds is 2. The van der Waals surface area contributed by atoms with E-state index in [1.165, 1.54) is 4.90 Å². The molecule has 0 atom stereocenters. The molecule has 0 aromatic carbocycles. The van der Waals surface area contributed by atoms with Crippen LogP contribution in [0.25, 0.3) is 0 Å². The SMILES string of the molecule is CN(C)/C=N/C(=O)P(=O)(O)O. The van der Waals surface area contributed by atoms with Gasteiger partial charge in [-0.25, -0.2) is 4.57 Å². The zero-order valence-corrected chi connectivity index (χ0v) is 7.02. The number of aliphatic imine (C=N–C) groups is 1. The summed E-state index contributed by atoms with van der Waals surface area (Å²) in [5.74, 6) is 0. The predicted octanol–water partition coefficient (Wildman–Crippen LogP) is -0.126. The molecule has 0 unspecified atom stereocenters. The Balaban J connectivity index is 4.21. The maximum Gasteiger partial charge on any atom is 0.415 e. The van der Waals surface area contributed by atoms with E-state index in [-0.39, 0.29) is 0 Å². The maximum atomic E-state index is 10.4. The van der Waals surface area contributed by atoms with Crippen molar-refractivity contribution in [3.05, 3.63) is 0 Å². The van der Waals surface area contributed by atoms with Crippen LogP contribution in [0.2, 0.25) is 0 Å². The van der Waals surface area contributed by atoms with Crippen LogP contribution in [0.4, 0.5) is 4.79 Å². The number of carbonyl (C=O) groups excluding carboxylic acids is 1. The van der Waals surface area contributed by atoms with Gasteiger partial charge in [-0.15, -0.1) is 0 Å². The van der Waals surface area contributed by atoms with Gasteiger partial charge in [-0.3, -0.25) is 4.79 Å². The second-order valence-electron chi connectivity index (χ2n) is 2.03. The Morgan fingerprint density at radius 1 is 1.55 bits per heavy atom. The van der Waals surface area contributed by atoms with E-state index in [2.05, 4.69) is 4.99 Å². The van der Waals surface area contributed by atoms with Crippen LogP contribution in [0.3, 0.4) is 0 Å². The fraction of sp³-hybridized carbons (Fsp3) is 0.500. The van der Waals surface area contributed by atoms with E-state index < -0.39 is 13.2 Å². The largest absolute Gasteiger partial charge is 0.415 e. The molecule has 2 N–H and O–H groups in total. The summed E-state index contributed by atoms with van der Waals surface area (Å²) in [7, 11) is -1.52. The molecule has 1 amide bonds. The van der Waals surface area contributed by atoms with Gasteiger partial charge in [-0.05, 0) is 0 Å². The van der Waals surface area contributed by atoms with E-state index >= 15 is 0 Å². The Kier molecular flexibility index (Phi) is 3.38. The summed E-state index contributed by atoms with van der Waals surface area (Å²) < 4.78 is 10.2. The van der Waals surface area contributed by atoms with Gasteiger partial charge < -0.3 is 14.7 Å². The Morgan fingerprint density at radius 3 is 2.27 bits per heavy atom. The number of amides is 1. The van der Waals surface area contributed by atoms with Crippen LogP contribution in [0.15, 0.2) is 4.99 Å². The highest BCUT2D eigenvalue weighted by Gasteiger charge is 2.24. The smallest absolute Gasteiger partial charge is 0.369 e. The molecule has 11 heavy (non-hydrogen) atoms. The molecule has 0 saturated carbocycles. The molecule has 0 fully saturated rings. The summed E-state index contributed by atoms with van der Waals surface area (Å²) in [6.07, 6.45) is 1.03. The Bertz CT molecular complexity index is 218. The summed E-state index contributed by atoms with van der Waals surface area (Å²) in [5.41, 5.74) is -1.42. The lowest BCUT2D eigenvalue weighted by molar-refractivity contribution is 0.255. The number of hydrogen-bond donors (Lipinski definition) is 2. The summed E-state index contributed by atoms with van der Waals surface area (Å²) in [5, 5.41) is 0. The third kappa shape index (κ3) is 4.66. The Labute approximate surface area is 63.7 Å². The lowest BCUT2D eigenvalue weighted by atomic mass is 10.9. The summed E-state index contributed by atoms with van der Waals surface area (Å²) in [4.78, 5) is 31.2. The van der Waals surface area contributed by atoms with Gasteiger partial charge in [0, 0.05) is 14.1 Å². The van der Waals surface area contributed by atoms with E-state index in [1.54, 1.807) is 14.1 Å². The van der Waals surface area contributed by atoms with Crippen molar-refractivity contribution in [1.29, 1.82) is 0 Å². The zero-order chi connectivity index (χ0) is 9.07. The van der Waals surface area contributed by atoms with E-state index in [0.717, 1.165) is 6.34 Å².